The molecule has 25 heavy (non-hydrogen) atoms. The second-order valence-electron chi connectivity index (χ2n) is 7.13. The van der Waals surface area contributed by atoms with E-state index in [1.807, 2.05) is 15.9 Å². The molecule has 0 aromatic heterocycles. The molecule has 2 saturated heterocycles. The van der Waals surface area contributed by atoms with Gasteiger partial charge in [0.25, 0.3) is 5.91 Å². The van der Waals surface area contributed by atoms with Gasteiger partial charge in [0.05, 0.1) is 6.04 Å². The number of likely N-dealkylation sites (tertiary alicyclic amines) is 1. The lowest BCUT2D eigenvalue weighted by molar-refractivity contribution is -0.135. The third-order valence-electron chi connectivity index (χ3n) is 5.51. The topological polar surface area (TPSA) is 61.9 Å². The molecule has 2 heterocycles. The molecular formula is C19H25N3O3. The number of nitrogens with zero attached hydrogens (tertiary/aromatic N) is 2. The average molecular weight is 343 g/mol. The van der Waals surface area contributed by atoms with Crippen LogP contribution in [0.5, 0.6) is 5.75 Å². The van der Waals surface area contributed by atoms with Gasteiger partial charge in [-0.25, -0.2) is 4.79 Å². The second kappa shape index (κ2) is 6.94. The Bertz CT molecular complexity index is 676. The van der Waals surface area contributed by atoms with Crippen molar-refractivity contribution in [3.8, 4) is 5.75 Å². The second-order valence-corrected chi connectivity index (χ2v) is 7.13. The molecule has 0 unspecified atom stereocenters. The minimum atomic E-state index is -0.00584. The largest absolute Gasteiger partial charge is 0.484 e. The van der Waals surface area contributed by atoms with Crippen LogP contribution in [0.25, 0.3) is 0 Å². The first-order valence-corrected chi connectivity index (χ1v) is 9.27. The first-order chi connectivity index (χ1) is 12.2. The third kappa shape index (κ3) is 3.43. The molecule has 1 N–H and O–H groups in total. The molecular weight excluding hydrogens is 318 g/mol. The predicted molar refractivity (Wildman–Crippen MR) is 93.7 cm³/mol. The van der Waals surface area contributed by atoms with Crippen molar-refractivity contribution in [2.24, 2.45) is 0 Å². The Morgan fingerprint density at radius 1 is 1.20 bits per heavy atom. The summed E-state index contributed by atoms with van der Waals surface area (Å²) in [5, 5.41) is 2.84. The van der Waals surface area contributed by atoms with Crippen LogP contribution in [0.4, 0.5) is 4.79 Å². The van der Waals surface area contributed by atoms with Crippen molar-refractivity contribution in [2.45, 2.75) is 38.1 Å². The number of hydrogen-bond acceptors (Lipinski definition) is 3. The summed E-state index contributed by atoms with van der Waals surface area (Å²) in [5.41, 5.74) is 2.75. The van der Waals surface area contributed by atoms with Crippen LogP contribution in [-0.2, 0) is 17.6 Å². The number of fused-ring (bicyclic) bond motifs is 1. The van der Waals surface area contributed by atoms with Crippen LogP contribution in [0.15, 0.2) is 18.2 Å². The number of aryl methyl sites for hydroxylation is 2. The Kier molecular flexibility index (Phi) is 4.51. The molecule has 0 spiro atoms. The van der Waals surface area contributed by atoms with Gasteiger partial charge in [0.2, 0.25) is 0 Å². The van der Waals surface area contributed by atoms with Gasteiger partial charge in [-0.2, -0.15) is 0 Å². The molecule has 3 aliphatic rings. The van der Waals surface area contributed by atoms with Gasteiger partial charge in [-0.3, -0.25) is 4.79 Å². The van der Waals surface area contributed by atoms with Gasteiger partial charge in [0.15, 0.2) is 6.61 Å². The molecule has 6 nitrogen and oxygen atoms in total. The van der Waals surface area contributed by atoms with Crippen molar-refractivity contribution in [2.75, 3.05) is 32.8 Å². The van der Waals surface area contributed by atoms with E-state index in [0.29, 0.717) is 13.1 Å². The minimum Gasteiger partial charge on any atom is -0.484 e. The van der Waals surface area contributed by atoms with Gasteiger partial charge in [-0.15, -0.1) is 0 Å². The Morgan fingerprint density at radius 3 is 2.92 bits per heavy atom. The van der Waals surface area contributed by atoms with Crippen LogP contribution in [0.3, 0.4) is 0 Å². The van der Waals surface area contributed by atoms with E-state index in [1.165, 1.54) is 17.5 Å². The fourth-order valence-electron chi connectivity index (χ4n) is 4.14. The van der Waals surface area contributed by atoms with E-state index in [9.17, 15) is 9.59 Å². The van der Waals surface area contributed by atoms with E-state index < -0.39 is 0 Å². The van der Waals surface area contributed by atoms with Crippen LogP contribution in [0.1, 0.15) is 30.4 Å². The number of ether oxygens (including phenoxy) is 1. The minimum absolute atomic E-state index is 0.00445. The maximum Gasteiger partial charge on any atom is 0.317 e. The maximum absolute atomic E-state index is 12.5. The summed E-state index contributed by atoms with van der Waals surface area (Å²) >= 11 is 0. The molecule has 1 aromatic rings. The summed E-state index contributed by atoms with van der Waals surface area (Å²) in [6, 6.07) is 6.27. The third-order valence-corrected chi connectivity index (χ3v) is 5.51. The number of piperidine rings is 1. The quantitative estimate of drug-likeness (QED) is 0.903. The molecule has 1 aromatic carbocycles. The number of rotatable bonds is 4. The summed E-state index contributed by atoms with van der Waals surface area (Å²) in [6.45, 7) is 2.86. The number of hydrogen-bond donors (Lipinski definition) is 1. The highest BCUT2D eigenvalue weighted by Gasteiger charge is 2.32. The molecule has 3 amide bonds. The standard InChI is InChI=1S/C19H25N3O3/c23-18(13-25-17-7-6-14-3-1-4-15(14)11-17)21-9-2-5-16(12-21)22-10-8-20-19(22)24/h6-7,11,16H,1-5,8-10,12-13H2,(H,20,24)/t16-/m1/s1. The van der Waals surface area contributed by atoms with Crippen LogP contribution in [-0.4, -0.2) is 60.6 Å². The van der Waals surface area contributed by atoms with Gasteiger partial charge < -0.3 is 19.9 Å². The lowest BCUT2D eigenvalue weighted by atomic mass is 10.0. The molecule has 1 aliphatic carbocycles. The highest BCUT2D eigenvalue weighted by atomic mass is 16.5. The molecule has 0 saturated carbocycles. The van der Waals surface area contributed by atoms with Crippen LogP contribution < -0.4 is 10.1 Å². The molecule has 1 atom stereocenters. The van der Waals surface area contributed by atoms with Crippen molar-refractivity contribution < 1.29 is 14.3 Å². The monoisotopic (exact) mass is 343 g/mol. The smallest absolute Gasteiger partial charge is 0.317 e. The molecule has 134 valence electrons. The summed E-state index contributed by atoms with van der Waals surface area (Å²) in [5.74, 6) is 0.784. The zero-order valence-corrected chi connectivity index (χ0v) is 14.5. The number of carbonyl (C=O) groups excluding carboxylic acids is 2. The molecule has 0 bridgehead atoms. The fourth-order valence-corrected chi connectivity index (χ4v) is 4.14. The lowest BCUT2D eigenvalue weighted by Crippen LogP contribution is -2.51. The van der Waals surface area contributed by atoms with E-state index in [0.717, 1.165) is 44.5 Å². The number of amides is 3. The number of urea groups is 1. The molecule has 6 heteroatoms. The van der Waals surface area contributed by atoms with E-state index in [1.54, 1.807) is 0 Å². The Morgan fingerprint density at radius 2 is 2.08 bits per heavy atom. The van der Waals surface area contributed by atoms with E-state index in [-0.39, 0.29) is 24.6 Å². The maximum atomic E-state index is 12.5. The Labute approximate surface area is 148 Å². The zero-order valence-electron chi connectivity index (χ0n) is 14.5. The lowest BCUT2D eigenvalue weighted by Gasteiger charge is -2.37. The zero-order chi connectivity index (χ0) is 17.2. The van der Waals surface area contributed by atoms with Crippen molar-refractivity contribution in [1.82, 2.24) is 15.1 Å². The van der Waals surface area contributed by atoms with Crippen LogP contribution in [0, 0.1) is 0 Å². The molecule has 2 fully saturated rings. The highest BCUT2D eigenvalue weighted by molar-refractivity contribution is 5.79. The van der Waals surface area contributed by atoms with E-state index >= 15 is 0 Å². The normalized spacial score (nSPS) is 22.7. The first-order valence-electron chi connectivity index (χ1n) is 9.27. The van der Waals surface area contributed by atoms with Crippen LogP contribution >= 0.6 is 0 Å². The van der Waals surface area contributed by atoms with Crippen molar-refractivity contribution in [3.63, 3.8) is 0 Å². The van der Waals surface area contributed by atoms with E-state index in [4.69, 9.17) is 4.74 Å². The Balaban J connectivity index is 1.32. The number of nitrogens with one attached hydrogen (secondary N) is 1. The predicted octanol–water partition coefficient (Wildman–Crippen LogP) is 1.57. The summed E-state index contributed by atoms with van der Waals surface area (Å²) in [7, 11) is 0. The Hall–Kier alpha value is -2.24. The average Bonchev–Trinajstić information content (AvgIpc) is 3.27. The van der Waals surface area contributed by atoms with E-state index in [2.05, 4.69) is 17.4 Å². The van der Waals surface area contributed by atoms with Gasteiger partial charge in [0.1, 0.15) is 5.75 Å². The van der Waals surface area contributed by atoms with Gasteiger partial charge in [-0.1, -0.05) is 6.07 Å². The molecule has 4 rings (SSSR count). The molecule has 0 radical (unpaired) electrons. The van der Waals surface area contributed by atoms with Crippen molar-refractivity contribution in [1.29, 1.82) is 0 Å². The van der Waals surface area contributed by atoms with Gasteiger partial charge in [-0.05, 0) is 55.4 Å². The van der Waals surface area contributed by atoms with Crippen LogP contribution in [0.2, 0.25) is 0 Å². The summed E-state index contributed by atoms with van der Waals surface area (Å²) in [4.78, 5) is 28.1. The highest BCUT2D eigenvalue weighted by Crippen LogP contribution is 2.26. The molecule has 2 aliphatic heterocycles. The SMILES string of the molecule is O=C(COc1ccc2c(c1)CCC2)N1CCC[C@@H](N2CCNC2=O)C1. The number of benzene rings is 1. The number of carbonyl (C=O) groups is 2. The first kappa shape index (κ1) is 16.2. The summed E-state index contributed by atoms with van der Waals surface area (Å²) in [6.07, 6.45) is 5.35. The van der Waals surface area contributed by atoms with Crippen molar-refractivity contribution >= 4 is 11.9 Å². The fraction of sp³-hybridized carbons (Fsp3) is 0.579. The van der Waals surface area contributed by atoms with Gasteiger partial charge >= 0.3 is 6.03 Å². The van der Waals surface area contributed by atoms with Crippen molar-refractivity contribution in [3.05, 3.63) is 29.3 Å². The summed E-state index contributed by atoms with van der Waals surface area (Å²) < 4.78 is 5.74. The van der Waals surface area contributed by atoms with Gasteiger partial charge in [0, 0.05) is 26.2 Å².